The molecule has 1 aromatic carbocycles. The van der Waals surface area contributed by atoms with E-state index in [-0.39, 0.29) is 23.7 Å². The minimum atomic E-state index is -0.203. The number of carbonyl (C=O) groups excluding carboxylic acids is 2. The smallest absolute Gasteiger partial charge is 0.308 e. The Bertz CT molecular complexity index is 814. The van der Waals surface area contributed by atoms with Crippen LogP contribution in [0.5, 0.6) is 0 Å². The lowest BCUT2D eigenvalue weighted by molar-refractivity contribution is -0.145. The fourth-order valence-corrected chi connectivity index (χ4v) is 3.94. The number of carbonyl (C=O) groups is 2. The number of fused-ring (bicyclic) bond motifs is 1. The summed E-state index contributed by atoms with van der Waals surface area (Å²) in [5.41, 5.74) is 1.78. The largest absolute Gasteiger partial charge is 0.469 e. The summed E-state index contributed by atoms with van der Waals surface area (Å²) >= 11 is 0. The van der Waals surface area contributed by atoms with Gasteiger partial charge < -0.3 is 14.1 Å². The third-order valence-electron chi connectivity index (χ3n) is 5.38. The number of nitrogens with zero attached hydrogens (tertiary/aromatic N) is 2. The molecule has 1 fully saturated rings. The number of benzene rings is 1. The van der Waals surface area contributed by atoms with E-state index in [2.05, 4.69) is 4.98 Å². The molecule has 26 heavy (non-hydrogen) atoms. The minimum absolute atomic E-state index is 0.0962. The van der Waals surface area contributed by atoms with Crippen molar-refractivity contribution in [3.05, 3.63) is 41.8 Å². The molecular formula is C20H22N2O4. The maximum atomic E-state index is 12.9. The highest BCUT2D eigenvalue weighted by Gasteiger charge is 2.37. The second kappa shape index (κ2) is 6.94. The Morgan fingerprint density at radius 3 is 2.73 bits per heavy atom. The van der Waals surface area contributed by atoms with E-state index < -0.39 is 0 Å². The lowest BCUT2D eigenvalue weighted by atomic mass is 10.0. The van der Waals surface area contributed by atoms with Gasteiger partial charge in [-0.25, -0.2) is 4.98 Å². The van der Waals surface area contributed by atoms with Gasteiger partial charge in [0, 0.05) is 24.4 Å². The highest BCUT2D eigenvalue weighted by atomic mass is 16.5. The lowest BCUT2D eigenvalue weighted by Crippen LogP contribution is -2.39. The molecule has 1 amide bonds. The first-order chi connectivity index (χ1) is 12.7. The zero-order valence-corrected chi connectivity index (χ0v) is 14.8. The van der Waals surface area contributed by atoms with Gasteiger partial charge in [-0.2, -0.15) is 0 Å². The first kappa shape index (κ1) is 16.8. The fraction of sp³-hybridized carbons (Fsp3) is 0.450. The maximum Gasteiger partial charge on any atom is 0.308 e. The van der Waals surface area contributed by atoms with E-state index in [1.54, 1.807) is 0 Å². The van der Waals surface area contributed by atoms with E-state index >= 15 is 0 Å². The molecule has 6 nitrogen and oxygen atoms in total. The zero-order valence-electron chi connectivity index (χ0n) is 14.8. The monoisotopic (exact) mass is 354 g/mol. The summed E-state index contributed by atoms with van der Waals surface area (Å²) in [7, 11) is 1.40. The molecule has 0 bridgehead atoms. The molecule has 1 aromatic heterocycles. The molecule has 0 saturated heterocycles. The quantitative estimate of drug-likeness (QED) is 0.793. The van der Waals surface area contributed by atoms with Crippen molar-refractivity contribution in [1.29, 1.82) is 0 Å². The molecule has 0 spiro atoms. The summed E-state index contributed by atoms with van der Waals surface area (Å²) in [4.78, 5) is 31.0. The number of aromatic nitrogens is 1. The van der Waals surface area contributed by atoms with Crippen molar-refractivity contribution in [2.75, 3.05) is 13.7 Å². The molecule has 0 radical (unpaired) electrons. The van der Waals surface area contributed by atoms with Gasteiger partial charge in [0.2, 0.25) is 11.8 Å². The van der Waals surface area contributed by atoms with E-state index in [0.717, 1.165) is 29.9 Å². The van der Waals surface area contributed by atoms with Crippen LogP contribution in [0.3, 0.4) is 0 Å². The van der Waals surface area contributed by atoms with Gasteiger partial charge in [-0.05, 0) is 31.4 Å². The van der Waals surface area contributed by atoms with Crippen molar-refractivity contribution in [1.82, 2.24) is 9.88 Å². The van der Waals surface area contributed by atoms with Crippen LogP contribution in [0.4, 0.5) is 0 Å². The normalized spacial score (nSPS) is 22.1. The van der Waals surface area contributed by atoms with Gasteiger partial charge in [0.25, 0.3) is 0 Å². The third kappa shape index (κ3) is 3.11. The Morgan fingerprint density at radius 1 is 1.19 bits per heavy atom. The Hall–Kier alpha value is -2.63. The second-order valence-electron chi connectivity index (χ2n) is 6.99. The van der Waals surface area contributed by atoms with Crippen LogP contribution in [-0.4, -0.2) is 35.4 Å². The summed E-state index contributed by atoms with van der Waals surface area (Å²) in [6.45, 7) is 1.11. The van der Waals surface area contributed by atoms with Crippen LogP contribution >= 0.6 is 0 Å². The molecule has 1 aliphatic carbocycles. The number of hydrogen-bond donors (Lipinski definition) is 0. The predicted octanol–water partition coefficient (Wildman–Crippen LogP) is 2.82. The molecule has 136 valence electrons. The zero-order chi connectivity index (χ0) is 18.1. The molecular weight excluding hydrogens is 332 g/mol. The van der Waals surface area contributed by atoms with E-state index in [9.17, 15) is 9.59 Å². The average molecular weight is 354 g/mol. The number of rotatable bonds is 3. The topological polar surface area (TPSA) is 72.6 Å². The third-order valence-corrected chi connectivity index (χ3v) is 5.38. The standard InChI is InChI=1S/C20H22N2O4/c1-25-20(24)15-8-7-14(11-15)19(23)22-10-9-17-16(12-22)21-18(26-17)13-5-3-2-4-6-13/h2-6,14-15H,7-12H2,1H3/t14-,15+/m0/s1. The van der Waals surface area contributed by atoms with Crippen LogP contribution < -0.4 is 0 Å². The SMILES string of the molecule is COC(=O)[C@@H]1CC[C@H](C(=O)N2CCc3oc(-c4ccccc4)nc3C2)C1. The van der Waals surface area contributed by atoms with Crippen LogP contribution in [-0.2, 0) is 27.3 Å². The first-order valence-corrected chi connectivity index (χ1v) is 9.06. The van der Waals surface area contributed by atoms with Crippen LogP contribution in [0, 0.1) is 11.8 Å². The van der Waals surface area contributed by atoms with Crippen LogP contribution in [0.2, 0.25) is 0 Å². The van der Waals surface area contributed by atoms with E-state index in [1.807, 2.05) is 35.2 Å². The molecule has 2 heterocycles. The first-order valence-electron chi connectivity index (χ1n) is 9.06. The number of amides is 1. The summed E-state index contributed by atoms with van der Waals surface area (Å²) in [6, 6.07) is 9.78. The Kier molecular flexibility index (Phi) is 4.49. The Labute approximate surface area is 152 Å². The number of methoxy groups -OCH3 is 1. The van der Waals surface area contributed by atoms with Crippen LogP contribution in [0.25, 0.3) is 11.5 Å². The highest BCUT2D eigenvalue weighted by molar-refractivity contribution is 5.81. The predicted molar refractivity (Wildman–Crippen MR) is 93.9 cm³/mol. The number of hydrogen-bond acceptors (Lipinski definition) is 5. The molecule has 6 heteroatoms. The lowest BCUT2D eigenvalue weighted by Gasteiger charge is -2.28. The van der Waals surface area contributed by atoms with Gasteiger partial charge in [0.05, 0.1) is 19.6 Å². The van der Waals surface area contributed by atoms with E-state index in [0.29, 0.717) is 31.8 Å². The van der Waals surface area contributed by atoms with Gasteiger partial charge in [0.15, 0.2) is 0 Å². The van der Waals surface area contributed by atoms with Crippen LogP contribution in [0.15, 0.2) is 34.7 Å². The number of oxazole rings is 1. The minimum Gasteiger partial charge on any atom is -0.469 e. The van der Waals surface area contributed by atoms with E-state index in [4.69, 9.17) is 9.15 Å². The van der Waals surface area contributed by atoms with Crippen molar-refractivity contribution < 1.29 is 18.7 Å². The summed E-state index contributed by atoms with van der Waals surface area (Å²) in [5.74, 6) is 1.15. The van der Waals surface area contributed by atoms with Gasteiger partial charge in [-0.3, -0.25) is 9.59 Å². The van der Waals surface area contributed by atoms with Gasteiger partial charge in [0.1, 0.15) is 11.5 Å². The fourth-order valence-electron chi connectivity index (χ4n) is 3.94. The molecule has 0 N–H and O–H groups in total. The second-order valence-corrected chi connectivity index (χ2v) is 6.99. The van der Waals surface area contributed by atoms with Gasteiger partial charge in [-0.15, -0.1) is 0 Å². The molecule has 2 atom stereocenters. The Morgan fingerprint density at radius 2 is 1.96 bits per heavy atom. The molecule has 1 aliphatic heterocycles. The van der Waals surface area contributed by atoms with Crippen LogP contribution in [0.1, 0.15) is 30.7 Å². The van der Waals surface area contributed by atoms with Crippen molar-refractivity contribution in [2.24, 2.45) is 11.8 Å². The number of esters is 1. The van der Waals surface area contributed by atoms with Crippen molar-refractivity contribution in [3.63, 3.8) is 0 Å². The summed E-state index contributed by atoms with van der Waals surface area (Å²) < 4.78 is 10.7. The molecule has 0 unspecified atom stereocenters. The van der Waals surface area contributed by atoms with Crippen molar-refractivity contribution in [2.45, 2.75) is 32.2 Å². The molecule has 2 aromatic rings. The molecule has 1 saturated carbocycles. The molecule has 4 rings (SSSR count). The summed E-state index contributed by atoms with van der Waals surface area (Å²) in [6.07, 6.45) is 2.73. The van der Waals surface area contributed by atoms with Crippen molar-refractivity contribution in [3.8, 4) is 11.5 Å². The average Bonchev–Trinajstić information content (AvgIpc) is 3.34. The van der Waals surface area contributed by atoms with E-state index in [1.165, 1.54) is 7.11 Å². The number of ether oxygens (including phenoxy) is 1. The molecule has 2 aliphatic rings. The summed E-state index contributed by atoms with van der Waals surface area (Å²) in [5, 5.41) is 0. The van der Waals surface area contributed by atoms with Gasteiger partial charge >= 0.3 is 5.97 Å². The maximum absolute atomic E-state index is 12.9. The van der Waals surface area contributed by atoms with Gasteiger partial charge in [-0.1, -0.05) is 18.2 Å². The Balaban J connectivity index is 1.45. The highest BCUT2D eigenvalue weighted by Crippen LogP contribution is 2.34. The van der Waals surface area contributed by atoms with Crippen molar-refractivity contribution >= 4 is 11.9 Å².